The lowest BCUT2D eigenvalue weighted by Crippen LogP contribution is -2.45. The van der Waals surface area contributed by atoms with Gasteiger partial charge >= 0.3 is 0 Å². The fourth-order valence-corrected chi connectivity index (χ4v) is 5.02. The molecule has 146 valence electrons. The lowest BCUT2D eigenvalue weighted by atomic mass is 9.95. The molecule has 2 bridgehead atoms. The van der Waals surface area contributed by atoms with Crippen molar-refractivity contribution in [2.45, 2.75) is 31.7 Å². The summed E-state index contributed by atoms with van der Waals surface area (Å²) in [6, 6.07) is 8.80. The van der Waals surface area contributed by atoms with Crippen LogP contribution in [-0.2, 0) is 4.74 Å². The van der Waals surface area contributed by atoms with E-state index < -0.39 is 0 Å². The third-order valence-corrected chi connectivity index (χ3v) is 6.79. The average Bonchev–Trinajstić information content (AvgIpc) is 3.56. The Hall–Kier alpha value is -1.59. The van der Waals surface area contributed by atoms with Crippen LogP contribution in [-0.4, -0.2) is 74.2 Å². The predicted octanol–water partition coefficient (Wildman–Crippen LogP) is 2.47. The van der Waals surface area contributed by atoms with E-state index in [4.69, 9.17) is 4.74 Å². The molecule has 4 heterocycles. The van der Waals surface area contributed by atoms with Crippen molar-refractivity contribution in [2.24, 2.45) is 11.8 Å². The van der Waals surface area contributed by atoms with Gasteiger partial charge in [-0.1, -0.05) is 0 Å². The number of carbonyl (C=O) groups is 1. The SMILES string of the molecule is O=C(c1ccc(N2CCOCC2)cc1)N1C[C@H]2CC[C@@H](C1)N(CC1CC1)C2. The molecule has 27 heavy (non-hydrogen) atoms. The van der Waals surface area contributed by atoms with Gasteiger partial charge < -0.3 is 14.5 Å². The molecule has 1 saturated carbocycles. The number of benzene rings is 1. The van der Waals surface area contributed by atoms with E-state index in [1.807, 2.05) is 12.1 Å². The Morgan fingerprint density at radius 1 is 0.963 bits per heavy atom. The molecule has 0 spiro atoms. The molecule has 5 heteroatoms. The Bertz CT molecular complexity index is 667. The van der Waals surface area contributed by atoms with Crippen molar-refractivity contribution in [3.05, 3.63) is 29.8 Å². The first-order chi connectivity index (χ1) is 13.3. The number of amides is 1. The number of morpholine rings is 1. The number of ether oxygens (including phenoxy) is 1. The van der Waals surface area contributed by atoms with E-state index in [0.29, 0.717) is 12.0 Å². The molecule has 0 unspecified atom stereocenters. The van der Waals surface area contributed by atoms with E-state index >= 15 is 0 Å². The van der Waals surface area contributed by atoms with Crippen molar-refractivity contribution in [3.63, 3.8) is 0 Å². The van der Waals surface area contributed by atoms with Gasteiger partial charge in [-0.15, -0.1) is 0 Å². The van der Waals surface area contributed by atoms with E-state index in [-0.39, 0.29) is 5.91 Å². The summed E-state index contributed by atoms with van der Waals surface area (Å²) >= 11 is 0. The summed E-state index contributed by atoms with van der Waals surface area (Å²) in [6.45, 7) is 7.73. The lowest BCUT2D eigenvalue weighted by Gasteiger charge is -2.36. The molecule has 2 atom stereocenters. The molecular formula is C22H31N3O2. The number of piperidine rings is 1. The number of hydrogen-bond acceptors (Lipinski definition) is 4. The summed E-state index contributed by atoms with van der Waals surface area (Å²) in [4.78, 5) is 20.3. The van der Waals surface area contributed by atoms with E-state index in [0.717, 1.165) is 50.9 Å². The minimum absolute atomic E-state index is 0.216. The number of rotatable bonds is 4. The second-order valence-electron chi connectivity index (χ2n) is 8.85. The van der Waals surface area contributed by atoms with Crippen molar-refractivity contribution in [1.82, 2.24) is 9.80 Å². The molecule has 1 amide bonds. The first kappa shape index (κ1) is 17.5. The highest BCUT2D eigenvalue weighted by Crippen LogP contribution is 2.35. The quantitative estimate of drug-likeness (QED) is 0.817. The topological polar surface area (TPSA) is 36.0 Å². The number of carbonyl (C=O) groups excluding carboxylic acids is 1. The Balaban J connectivity index is 1.26. The second-order valence-corrected chi connectivity index (χ2v) is 8.85. The van der Waals surface area contributed by atoms with E-state index in [2.05, 4.69) is 26.8 Å². The molecule has 0 aromatic heterocycles. The summed E-state index contributed by atoms with van der Waals surface area (Å²) in [5.74, 6) is 1.80. The van der Waals surface area contributed by atoms with Crippen LogP contribution in [0.15, 0.2) is 24.3 Å². The van der Waals surface area contributed by atoms with E-state index in [9.17, 15) is 4.79 Å². The molecule has 1 aromatic rings. The first-order valence-electron chi connectivity index (χ1n) is 10.7. The van der Waals surface area contributed by atoms with Crippen LogP contribution < -0.4 is 4.90 Å². The highest BCUT2D eigenvalue weighted by molar-refractivity contribution is 5.94. The van der Waals surface area contributed by atoms with Crippen LogP contribution in [0.3, 0.4) is 0 Å². The Labute approximate surface area is 162 Å². The minimum atomic E-state index is 0.216. The standard InChI is InChI=1S/C22H31N3O2/c26-22(19-4-7-20(8-5-19)23-9-11-27-12-10-23)25-15-18-3-6-21(16-25)24(14-18)13-17-1-2-17/h4-5,7-8,17-18,21H,1-3,6,9-16H2/t18-,21-/m0/s1. The Morgan fingerprint density at radius 3 is 2.48 bits per heavy atom. The molecule has 0 N–H and O–H groups in total. The van der Waals surface area contributed by atoms with Crippen molar-refractivity contribution < 1.29 is 9.53 Å². The zero-order valence-electron chi connectivity index (χ0n) is 16.2. The lowest BCUT2D eigenvalue weighted by molar-refractivity contribution is 0.0736. The van der Waals surface area contributed by atoms with E-state index in [1.165, 1.54) is 44.5 Å². The average molecular weight is 370 g/mol. The third kappa shape index (κ3) is 3.85. The molecule has 0 radical (unpaired) electrons. The van der Waals surface area contributed by atoms with Crippen LogP contribution >= 0.6 is 0 Å². The normalized spacial score (nSPS) is 29.0. The summed E-state index contributed by atoms with van der Waals surface area (Å²) in [5, 5.41) is 0. The molecule has 5 nitrogen and oxygen atoms in total. The van der Waals surface area contributed by atoms with Gasteiger partial charge in [-0.3, -0.25) is 9.69 Å². The monoisotopic (exact) mass is 369 g/mol. The van der Waals surface area contributed by atoms with Crippen molar-refractivity contribution >= 4 is 11.6 Å². The molecule has 5 aliphatic rings. The molecule has 4 saturated heterocycles. The minimum Gasteiger partial charge on any atom is -0.378 e. The molecule has 4 aliphatic heterocycles. The van der Waals surface area contributed by atoms with Gasteiger partial charge in [0.25, 0.3) is 5.91 Å². The summed E-state index contributed by atoms with van der Waals surface area (Å²) in [6.07, 6.45) is 5.36. The van der Waals surface area contributed by atoms with Crippen molar-refractivity contribution in [3.8, 4) is 0 Å². The number of fused-ring (bicyclic) bond motifs is 4. The maximum atomic E-state index is 13.2. The van der Waals surface area contributed by atoms with Gasteiger partial charge in [0.1, 0.15) is 0 Å². The smallest absolute Gasteiger partial charge is 0.253 e. The summed E-state index contributed by atoms with van der Waals surface area (Å²) in [7, 11) is 0. The summed E-state index contributed by atoms with van der Waals surface area (Å²) < 4.78 is 5.43. The Morgan fingerprint density at radius 2 is 1.74 bits per heavy atom. The van der Waals surface area contributed by atoms with Gasteiger partial charge in [0.05, 0.1) is 13.2 Å². The highest BCUT2D eigenvalue weighted by atomic mass is 16.5. The van der Waals surface area contributed by atoms with Crippen molar-refractivity contribution in [1.29, 1.82) is 0 Å². The van der Waals surface area contributed by atoms with Gasteiger partial charge in [-0.05, 0) is 61.8 Å². The molecular weight excluding hydrogens is 338 g/mol. The number of anilines is 1. The van der Waals surface area contributed by atoms with Gasteiger partial charge in [0, 0.05) is 56.6 Å². The first-order valence-corrected chi connectivity index (χ1v) is 10.7. The maximum Gasteiger partial charge on any atom is 0.253 e. The third-order valence-electron chi connectivity index (χ3n) is 6.79. The van der Waals surface area contributed by atoms with Crippen molar-refractivity contribution in [2.75, 3.05) is 57.4 Å². The Kier molecular flexibility index (Phi) is 4.82. The number of hydrogen-bond donors (Lipinski definition) is 0. The second kappa shape index (κ2) is 7.44. The van der Waals surface area contributed by atoms with E-state index in [1.54, 1.807) is 0 Å². The predicted molar refractivity (Wildman–Crippen MR) is 106 cm³/mol. The molecule has 6 rings (SSSR count). The molecule has 5 fully saturated rings. The van der Waals surface area contributed by atoms with Crippen LogP contribution in [0.4, 0.5) is 5.69 Å². The number of nitrogens with zero attached hydrogens (tertiary/aromatic N) is 3. The van der Waals surface area contributed by atoms with Gasteiger partial charge in [0.15, 0.2) is 0 Å². The van der Waals surface area contributed by atoms with Gasteiger partial charge in [0.2, 0.25) is 0 Å². The summed E-state index contributed by atoms with van der Waals surface area (Å²) in [5.41, 5.74) is 2.03. The van der Waals surface area contributed by atoms with Crippen LogP contribution in [0, 0.1) is 11.8 Å². The van der Waals surface area contributed by atoms with Gasteiger partial charge in [-0.2, -0.15) is 0 Å². The molecule has 1 aromatic carbocycles. The maximum absolute atomic E-state index is 13.2. The zero-order chi connectivity index (χ0) is 18.2. The van der Waals surface area contributed by atoms with Crippen LogP contribution in [0.25, 0.3) is 0 Å². The highest BCUT2D eigenvalue weighted by Gasteiger charge is 2.38. The molecule has 1 aliphatic carbocycles. The zero-order valence-corrected chi connectivity index (χ0v) is 16.2. The fraction of sp³-hybridized carbons (Fsp3) is 0.682. The van der Waals surface area contributed by atoms with Crippen LogP contribution in [0.2, 0.25) is 0 Å². The van der Waals surface area contributed by atoms with Crippen LogP contribution in [0.1, 0.15) is 36.0 Å². The largest absolute Gasteiger partial charge is 0.378 e. The van der Waals surface area contributed by atoms with Crippen LogP contribution in [0.5, 0.6) is 0 Å². The fourth-order valence-electron chi connectivity index (χ4n) is 5.02. The van der Waals surface area contributed by atoms with Gasteiger partial charge in [-0.25, -0.2) is 0 Å².